The van der Waals surface area contributed by atoms with Gasteiger partial charge in [-0.15, -0.1) is 0 Å². The highest BCUT2D eigenvalue weighted by atomic mass is 79.9. The van der Waals surface area contributed by atoms with E-state index in [1.165, 1.54) is 0 Å². The zero-order chi connectivity index (χ0) is 14.8. The standard InChI is InChI=1S/C13H18BrNO3S2/c1-18-12-7-6-9(8-10(12)14)20(16,17)15-11-4-3-5-13(11)19-2/h6-8,11,13,15H,3-5H2,1-2H3. The molecule has 1 aromatic carbocycles. The second kappa shape index (κ2) is 6.68. The highest BCUT2D eigenvalue weighted by molar-refractivity contribution is 9.10. The first-order chi connectivity index (χ1) is 9.47. The Labute approximate surface area is 132 Å². The summed E-state index contributed by atoms with van der Waals surface area (Å²) >= 11 is 5.05. The molecule has 20 heavy (non-hydrogen) atoms. The number of thioether (sulfide) groups is 1. The van der Waals surface area contributed by atoms with Gasteiger partial charge in [-0.2, -0.15) is 11.8 Å². The second-order valence-electron chi connectivity index (χ2n) is 4.73. The molecule has 0 radical (unpaired) electrons. The van der Waals surface area contributed by atoms with E-state index < -0.39 is 10.0 Å². The summed E-state index contributed by atoms with van der Waals surface area (Å²) in [5.41, 5.74) is 0. The molecule has 1 aliphatic rings. The van der Waals surface area contributed by atoms with E-state index in [0.29, 0.717) is 15.5 Å². The van der Waals surface area contributed by atoms with Crippen LogP contribution in [0.1, 0.15) is 19.3 Å². The maximum atomic E-state index is 12.4. The summed E-state index contributed by atoms with van der Waals surface area (Å²) < 4.78 is 33.4. The predicted octanol–water partition coefficient (Wildman–Crippen LogP) is 3.02. The van der Waals surface area contributed by atoms with Gasteiger partial charge < -0.3 is 4.74 Å². The minimum atomic E-state index is -3.48. The summed E-state index contributed by atoms with van der Waals surface area (Å²) in [5.74, 6) is 0.617. The van der Waals surface area contributed by atoms with Gasteiger partial charge in [-0.25, -0.2) is 13.1 Å². The highest BCUT2D eigenvalue weighted by Gasteiger charge is 2.30. The number of sulfonamides is 1. The fourth-order valence-corrected chi connectivity index (χ4v) is 5.47. The second-order valence-corrected chi connectivity index (χ2v) is 8.37. The molecule has 0 heterocycles. The molecule has 2 atom stereocenters. The van der Waals surface area contributed by atoms with E-state index in [4.69, 9.17) is 4.74 Å². The average molecular weight is 380 g/mol. The van der Waals surface area contributed by atoms with Crippen LogP contribution in [-0.2, 0) is 10.0 Å². The molecule has 2 unspecified atom stereocenters. The van der Waals surface area contributed by atoms with Crippen molar-refractivity contribution in [3.8, 4) is 5.75 Å². The molecular formula is C13H18BrNO3S2. The highest BCUT2D eigenvalue weighted by Crippen LogP contribution is 2.31. The van der Waals surface area contributed by atoms with Crippen LogP contribution in [0.4, 0.5) is 0 Å². The number of ether oxygens (including phenoxy) is 1. The zero-order valence-electron chi connectivity index (χ0n) is 11.4. The first kappa shape index (κ1) is 16.1. The largest absolute Gasteiger partial charge is 0.496 e. The van der Waals surface area contributed by atoms with E-state index in [9.17, 15) is 8.42 Å². The van der Waals surface area contributed by atoms with E-state index in [2.05, 4.69) is 20.7 Å². The number of rotatable bonds is 5. The molecule has 0 amide bonds. The Morgan fingerprint density at radius 1 is 1.40 bits per heavy atom. The van der Waals surface area contributed by atoms with Crippen molar-refractivity contribution in [3.63, 3.8) is 0 Å². The summed E-state index contributed by atoms with van der Waals surface area (Å²) in [5, 5.41) is 0.367. The maximum Gasteiger partial charge on any atom is 0.240 e. The van der Waals surface area contributed by atoms with Crippen LogP contribution in [0.3, 0.4) is 0 Å². The molecule has 2 rings (SSSR count). The molecule has 7 heteroatoms. The SMILES string of the molecule is COc1ccc(S(=O)(=O)NC2CCCC2SC)cc1Br. The fraction of sp³-hybridized carbons (Fsp3) is 0.538. The lowest BCUT2D eigenvalue weighted by atomic mass is 10.3. The van der Waals surface area contributed by atoms with Gasteiger partial charge in [-0.05, 0) is 53.2 Å². The first-order valence-corrected chi connectivity index (χ1v) is 9.93. The van der Waals surface area contributed by atoms with Gasteiger partial charge in [0.15, 0.2) is 0 Å². The molecule has 0 aliphatic heterocycles. The van der Waals surface area contributed by atoms with Crippen molar-refractivity contribution in [2.24, 2.45) is 0 Å². The lowest BCUT2D eigenvalue weighted by Crippen LogP contribution is -2.38. The zero-order valence-corrected chi connectivity index (χ0v) is 14.6. The average Bonchev–Trinajstić information content (AvgIpc) is 2.85. The van der Waals surface area contributed by atoms with Crippen LogP contribution in [0.15, 0.2) is 27.6 Å². The van der Waals surface area contributed by atoms with Crippen molar-refractivity contribution in [1.82, 2.24) is 4.72 Å². The third-order valence-electron chi connectivity index (χ3n) is 3.50. The van der Waals surface area contributed by atoms with Gasteiger partial charge in [-0.3, -0.25) is 0 Å². The van der Waals surface area contributed by atoms with Gasteiger partial charge in [-0.1, -0.05) is 6.42 Å². The number of halogens is 1. The predicted molar refractivity (Wildman–Crippen MR) is 86.0 cm³/mol. The van der Waals surface area contributed by atoms with E-state index in [0.717, 1.165) is 19.3 Å². The number of hydrogen-bond acceptors (Lipinski definition) is 4. The summed E-state index contributed by atoms with van der Waals surface area (Å²) in [7, 11) is -1.93. The van der Waals surface area contributed by atoms with Crippen LogP contribution < -0.4 is 9.46 Å². The Kier molecular flexibility index (Phi) is 5.39. The van der Waals surface area contributed by atoms with E-state index in [1.807, 2.05) is 6.26 Å². The summed E-state index contributed by atoms with van der Waals surface area (Å²) in [6, 6.07) is 4.81. The monoisotopic (exact) mass is 379 g/mol. The molecule has 0 spiro atoms. The lowest BCUT2D eigenvalue weighted by molar-refractivity contribution is 0.411. The van der Waals surface area contributed by atoms with Crippen molar-refractivity contribution >= 4 is 37.7 Å². The van der Waals surface area contributed by atoms with Crippen LogP contribution in [-0.4, -0.2) is 33.1 Å². The topological polar surface area (TPSA) is 55.4 Å². The molecule has 0 bridgehead atoms. The van der Waals surface area contributed by atoms with E-state index in [-0.39, 0.29) is 10.9 Å². The summed E-state index contributed by atoms with van der Waals surface area (Å²) in [6.07, 6.45) is 5.08. The van der Waals surface area contributed by atoms with Crippen LogP contribution in [0.25, 0.3) is 0 Å². The molecule has 0 saturated heterocycles. The van der Waals surface area contributed by atoms with Crippen molar-refractivity contribution in [2.75, 3.05) is 13.4 Å². The van der Waals surface area contributed by atoms with Gasteiger partial charge in [0.2, 0.25) is 10.0 Å². The number of methoxy groups -OCH3 is 1. The van der Waals surface area contributed by atoms with Crippen molar-refractivity contribution < 1.29 is 13.2 Å². The van der Waals surface area contributed by atoms with Crippen molar-refractivity contribution in [1.29, 1.82) is 0 Å². The molecule has 4 nitrogen and oxygen atoms in total. The molecule has 1 saturated carbocycles. The third kappa shape index (κ3) is 3.50. The lowest BCUT2D eigenvalue weighted by Gasteiger charge is -2.19. The number of nitrogens with one attached hydrogen (secondary N) is 1. The maximum absolute atomic E-state index is 12.4. The van der Waals surface area contributed by atoms with Crippen LogP contribution in [0.2, 0.25) is 0 Å². The van der Waals surface area contributed by atoms with Gasteiger partial charge in [0.25, 0.3) is 0 Å². The van der Waals surface area contributed by atoms with E-state index >= 15 is 0 Å². The van der Waals surface area contributed by atoms with E-state index in [1.54, 1.807) is 37.1 Å². The first-order valence-electron chi connectivity index (χ1n) is 6.36. The van der Waals surface area contributed by atoms with Crippen LogP contribution in [0.5, 0.6) is 5.75 Å². The Morgan fingerprint density at radius 3 is 2.75 bits per heavy atom. The third-order valence-corrected chi connectivity index (χ3v) is 6.77. The molecule has 1 aromatic rings. The molecule has 1 fully saturated rings. The molecule has 1 N–H and O–H groups in total. The Bertz CT molecular complexity index is 577. The van der Waals surface area contributed by atoms with Gasteiger partial charge in [0.05, 0.1) is 16.5 Å². The molecular weight excluding hydrogens is 362 g/mol. The quantitative estimate of drug-likeness (QED) is 0.853. The number of hydrogen-bond donors (Lipinski definition) is 1. The molecule has 112 valence electrons. The summed E-state index contributed by atoms with van der Waals surface area (Å²) in [6.45, 7) is 0. The minimum Gasteiger partial charge on any atom is -0.496 e. The van der Waals surface area contributed by atoms with Crippen molar-refractivity contribution in [2.45, 2.75) is 35.4 Å². The minimum absolute atomic E-state index is 0.0240. The fourth-order valence-electron chi connectivity index (χ4n) is 2.42. The van der Waals surface area contributed by atoms with Crippen molar-refractivity contribution in [3.05, 3.63) is 22.7 Å². The van der Waals surface area contributed by atoms with Crippen LogP contribution >= 0.6 is 27.7 Å². The molecule has 1 aliphatic carbocycles. The van der Waals surface area contributed by atoms with Crippen LogP contribution in [0, 0.1) is 0 Å². The van der Waals surface area contributed by atoms with Gasteiger partial charge >= 0.3 is 0 Å². The Balaban J connectivity index is 2.20. The summed E-state index contributed by atoms with van der Waals surface area (Å²) in [4.78, 5) is 0.261. The number of benzene rings is 1. The Morgan fingerprint density at radius 2 is 2.15 bits per heavy atom. The Hall–Kier alpha value is -0.240. The molecule has 0 aromatic heterocycles. The normalized spacial score (nSPS) is 22.9. The smallest absolute Gasteiger partial charge is 0.240 e. The van der Waals surface area contributed by atoms with Gasteiger partial charge in [0.1, 0.15) is 5.75 Å². The van der Waals surface area contributed by atoms with Gasteiger partial charge in [0, 0.05) is 11.3 Å².